The van der Waals surface area contributed by atoms with E-state index in [2.05, 4.69) is 10.3 Å². The summed E-state index contributed by atoms with van der Waals surface area (Å²) in [6, 6.07) is 6.83. The highest BCUT2D eigenvalue weighted by Crippen LogP contribution is 2.09. The van der Waals surface area contributed by atoms with Gasteiger partial charge < -0.3 is 9.84 Å². The van der Waals surface area contributed by atoms with Gasteiger partial charge in [0, 0.05) is 12.7 Å². The quantitative estimate of drug-likeness (QED) is 0.709. The van der Waals surface area contributed by atoms with Crippen molar-refractivity contribution in [3.8, 4) is 0 Å². The van der Waals surface area contributed by atoms with Crippen LogP contribution in [0.25, 0.3) is 0 Å². The van der Waals surface area contributed by atoms with Gasteiger partial charge in [-0.25, -0.2) is 10.3 Å². The second-order valence-electron chi connectivity index (χ2n) is 3.20. The van der Waals surface area contributed by atoms with Crippen molar-refractivity contribution in [2.45, 2.75) is 6.61 Å². The Labute approximate surface area is 98.1 Å². The van der Waals surface area contributed by atoms with E-state index in [0.29, 0.717) is 17.7 Å². The molecular formula is C11H13NO5. The molecule has 6 heteroatoms. The third-order valence-corrected chi connectivity index (χ3v) is 1.92. The molecule has 0 saturated heterocycles. The van der Waals surface area contributed by atoms with Gasteiger partial charge in [0.25, 0.3) is 5.91 Å². The molecule has 0 aliphatic carbocycles. The Morgan fingerprint density at radius 1 is 1.35 bits per heavy atom. The Kier molecular flexibility index (Phi) is 5.12. The third kappa shape index (κ3) is 4.21. The van der Waals surface area contributed by atoms with E-state index in [1.807, 2.05) is 0 Å². The Morgan fingerprint density at radius 3 is 2.71 bits per heavy atom. The van der Waals surface area contributed by atoms with E-state index in [4.69, 9.17) is 9.84 Å². The number of carboxylic acids is 1. The summed E-state index contributed by atoms with van der Waals surface area (Å²) in [5.41, 5.74) is 3.14. The molecule has 2 N–H and O–H groups in total. The van der Waals surface area contributed by atoms with Gasteiger partial charge in [0.1, 0.15) is 0 Å². The van der Waals surface area contributed by atoms with E-state index >= 15 is 0 Å². The molecular weight excluding hydrogens is 226 g/mol. The lowest BCUT2D eigenvalue weighted by molar-refractivity contribution is -0.144. The molecule has 0 bridgehead atoms. The molecule has 0 atom stereocenters. The first-order valence-electron chi connectivity index (χ1n) is 4.86. The number of carbonyl (C=O) groups is 2. The molecule has 0 unspecified atom stereocenters. The van der Waals surface area contributed by atoms with Crippen molar-refractivity contribution in [1.82, 2.24) is 5.48 Å². The molecule has 92 valence electrons. The highest BCUT2D eigenvalue weighted by molar-refractivity contribution is 5.95. The highest BCUT2D eigenvalue weighted by Gasteiger charge is 2.11. The summed E-state index contributed by atoms with van der Waals surface area (Å²) >= 11 is 0. The van der Waals surface area contributed by atoms with Crippen molar-refractivity contribution in [3.63, 3.8) is 0 Å². The minimum absolute atomic E-state index is 0.294. The second kappa shape index (κ2) is 6.62. The molecule has 0 aromatic heterocycles. The topological polar surface area (TPSA) is 84.9 Å². The fraction of sp³-hybridized carbons (Fsp3) is 0.273. The van der Waals surface area contributed by atoms with Crippen LogP contribution in [-0.2, 0) is 21.0 Å². The monoisotopic (exact) mass is 239 g/mol. The van der Waals surface area contributed by atoms with Crippen LogP contribution >= 0.6 is 0 Å². The van der Waals surface area contributed by atoms with E-state index in [1.165, 1.54) is 7.11 Å². The van der Waals surface area contributed by atoms with Gasteiger partial charge in [0.05, 0.1) is 6.61 Å². The fourth-order valence-electron chi connectivity index (χ4n) is 1.24. The number of amides is 1. The highest BCUT2D eigenvalue weighted by atomic mass is 16.7. The molecule has 1 amide bonds. The number of carboxylic acid groups (broad SMARTS) is 1. The minimum Gasteiger partial charge on any atom is -0.479 e. The normalized spacial score (nSPS) is 9.94. The van der Waals surface area contributed by atoms with E-state index in [1.54, 1.807) is 24.3 Å². The lowest BCUT2D eigenvalue weighted by atomic mass is 10.1. The molecule has 0 saturated carbocycles. The lowest BCUT2D eigenvalue weighted by Gasteiger charge is -2.08. The summed E-state index contributed by atoms with van der Waals surface area (Å²) in [6.45, 7) is -0.291. The Hall–Kier alpha value is -1.92. The van der Waals surface area contributed by atoms with Gasteiger partial charge in [-0.15, -0.1) is 0 Å². The molecule has 0 spiro atoms. The summed E-state index contributed by atoms with van der Waals surface area (Å²) in [5.74, 6) is -1.66. The standard InChI is InChI=1S/C11H13NO5/c1-16-6-8-4-2-3-5-9(8)11(15)12-17-7-10(13)14/h2-5H,6-7H2,1H3,(H,12,15)(H,13,14). The number of ether oxygens (including phenoxy) is 1. The maximum absolute atomic E-state index is 11.6. The van der Waals surface area contributed by atoms with Crippen LogP contribution in [0, 0.1) is 0 Å². The molecule has 0 aliphatic heterocycles. The van der Waals surface area contributed by atoms with E-state index in [9.17, 15) is 9.59 Å². The van der Waals surface area contributed by atoms with Crippen molar-refractivity contribution in [1.29, 1.82) is 0 Å². The zero-order valence-corrected chi connectivity index (χ0v) is 9.30. The van der Waals surface area contributed by atoms with E-state index in [0.717, 1.165) is 0 Å². The van der Waals surface area contributed by atoms with E-state index < -0.39 is 18.5 Å². The smallest absolute Gasteiger partial charge is 0.332 e. The minimum atomic E-state index is -1.16. The first-order chi connectivity index (χ1) is 8.15. The van der Waals surface area contributed by atoms with Crippen molar-refractivity contribution in [3.05, 3.63) is 35.4 Å². The molecule has 6 nitrogen and oxygen atoms in total. The zero-order valence-electron chi connectivity index (χ0n) is 9.30. The molecule has 0 radical (unpaired) electrons. The van der Waals surface area contributed by atoms with Gasteiger partial charge in [-0.05, 0) is 11.6 Å². The average molecular weight is 239 g/mol. The van der Waals surface area contributed by atoms with Crippen LogP contribution in [0.4, 0.5) is 0 Å². The summed E-state index contributed by atoms with van der Waals surface area (Å²) in [7, 11) is 1.52. The number of carbonyl (C=O) groups excluding carboxylic acids is 1. The number of hydroxylamine groups is 1. The van der Waals surface area contributed by atoms with Crippen LogP contribution in [0.1, 0.15) is 15.9 Å². The Balaban J connectivity index is 2.64. The largest absolute Gasteiger partial charge is 0.479 e. The van der Waals surface area contributed by atoms with Crippen LogP contribution in [0.2, 0.25) is 0 Å². The Bertz CT molecular complexity index is 405. The third-order valence-electron chi connectivity index (χ3n) is 1.92. The van der Waals surface area contributed by atoms with Gasteiger partial charge in [0.2, 0.25) is 0 Å². The molecule has 1 aromatic carbocycles. The van der Waals surface area contributed by atoms with Gasteiger partial charge in [-0.1, -0.05) is 18.2 Å². The first-order valence-corrected chi connectivity index (χ1v) is 4.86. The first kappa shape index (κ1) is 13.1. The number of hydrogen-bond donors (Lipinski definition) is 2. The summed E-state index contributed by atoms with van der Waals surface area (Å²) < 4.78 is 4.95. The molecule has 0 fully saturated rings. The predicted octanol–water partition coefficient (Wildman–Crippen LogP) is 0.579. The van der Waals surface area contributed by atoms with Crippen LogP contribution in [0.5, 0.6) is 0 Å². The van der Waals surface area contributed by atoms with Gasteiger partial charge >= 0.3 is 5.97 Å². The van der Waals surface area contributed by atoms with Gasteiger partial charge in [-0.3, -0.25) is 9.63 Å². The summed E-state index contributed by atoms with van der Waals surface area (Å²) in [5, 5.41) is 8.34. The Morgan fingerprint density at radius 2 is 2.06 bits per heavy atom. The maximum Gasteiger partial charge on any atom is 0.332 e. The van der Waals surface area contributed by atoms with Gasteiger partial charge in [0.15, 0.2) is 6.61 Å². The maximum atomic E-state index is 11.6. The van der Waals surface area contributed by atoms with Gasteiger partial charge in [-0.2, -0.15) is 0 Å². The van der Waals surface area contributed by atoms with Crippen LogP contribution < -0.4 is 5.48 Å². The van der Waals surface area contributed by atoms with Crippen LogP contribution in [0.3, 0.4) is 0 Å². The molecule has 0 aliphatic rings. The summed E-state index contributed by atoms with van der Waals surface area (Å²) in [4.78, 5) is 26.3. The zero-order chi connectivity index (χ0) is 12.7. The fourth-order valence-corrected chi connectivity index (χ4v) is 1.24. The number of benzene rings is 1. The van der Waals surface area contributed by atoms with Crippen molar-refractivity contribution in [2.24, 2.45) is 0 Å². The average Bonchev–Trinajstić information content (AvgIpc) is 2.29. The van der Waals surface area contributed by atoms with Crippen molar-refractivity contribution < 1.29 is 24.3 Å². The van der Waals surface area contributed by atoms with Crippen LogP contribution in [0.15, 0.2) is 24.3 Å². The lowest BCUT2D eigenvalue weighted by Crippen LogP contribution is -2.27. The predicted molar refractivity (Wildman–Crippen MR) is 58.2 cm³/mol. The molecule has 1 aromatic rings. The number of rotatable bonds is 6. The number of nitrogens with one attached hydrogen (secondary N) is 1. The number of hydrogen-bond acceptors (Lipinski definition) is 4. The van der Waals surface area contributed by atoms with Crippen molar-refractivity contribution in [2.75, 3.05) is 13.7 Å². The number of aliphatic carboxylic acids is 1. The SMILES string of the molecule is COCc1ccccc1C(=O)NOCC(=O)O. The second-order valence-corrected chi connectivity index (χ2v) is 3.20. The van der Waals surface area contributed by atoms with Crippen molar-refractivity contribution >= 4 is 11.9 Å². The molecule has 1 rings (SSSR count). The molecule has 0 heterocycles. The van der Waals surface area contributed by atoms with E-state index in [-0.39, 0.29) is 0 Å². The number of methoxy groups -OCH3 is 1. The van der Waals surface area contributed by atoms with Crippen LogP contribution in [-0.4, -0.2) is 30.7 Å². The molecule has 17 heavy (non-hydrogen) atoms. The summed E-state index contributed by atoms with van der Waals surface area (Å²) in [6.07, 6.45) is 0.